The van der Waals surface area contributed by atoms with Crippen molar-refractivity contribution in [3.8, 4) is 0 Å². The predicted molar refractivity (Wildman–Crippen MR) is 82.2 cm³/mol. The van der Waals surface area contributed by atoms with Gasteiger partial charge in [-0.15, -0.1) is 0 Å². The number of ether oxygens (including phenoxy) is 1. The summed E-state index contributed by atoms with van der Waals surface area (Å²) in [5.41, 5.74) is 0.129. The number of hydrogen-bond donors (Lipinski definition) is 1. The fraction of sp³-hybridized carbons (Fsp3) is 0.643. The molecule has 1 aliphatic heterocycles. The van der Waals surface area contributed by atoms with Gasteiger partial charge in [-0.05, 0) is 39.9 Å². The van der Waals surface area contributed by atoms with Crippen molar-refractivity contribution in [1.29, 1.82) is 0 Å². The topological polar surface area (TPSA) is 71.5 Å². The highest BCUT2D eigenvalue weighted by Gasteiger charge is 2.24. The van der Waals surface area contributed by atoms with Crippen LogP contribution in [0.4, 0.5) is 5.13 Å². The maximum Gasteiger partial charge on any atom is 0.358 e. The van der Waals surface area contributed by atoms with Crippen LogP contribution < -0.4 is 5.32 Å². The van der Waals surface area contributed by atoms with Gasteiger partial charge in [0.15, 0.2) is 16.6 Å². The van der Waals surface area contributed by atoms with E-state index in [1.165, 1.54) is 18.3 Å². The highest BCUT2D eigenvalue weighted by molar-refractivity contribution is 7.17. The number of nitrogens with one attached hydrogen (secondary N) is 1. The molecule has 1 aromatic heterocycles. The number of hydrogen-bond acceptors (Lipinski definition) is 7. The molecule has 116 valence electrons. The maximum atomic E-state index is 11.9. The van der Waals surface area contributed by atoms with Gasteiger partial charge in [0, 0.05) is 13.0 Å². The van der Waals surface area contributed by atoms with Gasteiger partial charge in [0.1, 0.15) is 4.88 Å². The zero-order valence-corrected chi connectivity index (χ0v) is 13.5. The first-order chi connectivity index (χ1) is 10.0. The van der Waals surface area contributed by atoms with E-state index in [2.05, 4.69) is 22.2 Å². The molecule has 1 aliphatic rings. The lowest BCUT2D eigenvalue weighted by Crippen LogP contribution is -2.36. The van der Waals surface area contributed by atoms with Gasteiger partial charge in [-0.3, -0.25) is 4.79 Å². The first-order valence-corrected chi connectivity index (χ1v) is 7.96. The van der Waals surface area contributed by atoms with Crippen LogP contribution in [0, 0.1) is 0 Å². The van der Waals surface area contributed by atoms with Crippen LogP contribution in [0.15, 0.2) is 0 Å². The molecule has 21 heavy (non-hydrogen) atoms. The first-order valence-electron chi connectivity index (χ1n) is 7.15. The molecule has 2 rings (SSSR count). The number of rotatable bonds is 5. The lowest BCUT2D eigenvalue weighted by molar-refractivity contribution is 0.0517. The van der Waals surface area contributed by atoms with E-state index in [1.807, 2.05) is 0 Å². The second kappa shape index (κ2) is 7.00. The van der Waals surface area contributed by atoms with Crippen LogP contribution in [0.1, 0.15) is 46.8 Å². The first kappa shape index (κ1) is 15.9. The average molecular weight is 311 g/mol. The van der Waals surface area contributed by atoms with Crippen LogP contribution in [-0.4, -0.2) is 54.4 Å². The minimum Gasteiger partial charge on any atom is -0.461 e. The molecule has 1 N–H and O–H groups in total. The van der Waals surface area contributed by atoms with E-state index >= 15 is 0 Å². The van der Waals surface area contributed by atoms with Gasteiger partial charge in [0.2, 0.25) is 0 Å². The van der Waals surface area contributed by atoms with Crippen LogP contribution in [0.2, 0.25) is 0 Å². The molecular weight excluding hydrogens is 290 g/mol. The van der Waals surface area contributed by atoms with E-state index in [1.54, 1.807) is 6.92 Å². The van der Waals surface area contributed by atoms with Gasteiger partial charge in [-0.25, -0.2) is 9.78 Å². The molecule has 0 radical (unpaired) electrons. The molecule has 0 atom stereocenters. The molecule has 0 unspecified atom stereocenters. The minimum absolute atomic E-state index is 0.129. The zero-order chi connectivity index (χ0) is 15.4. The third-order valence-electron chi connectivity index (χ3n) is 3.46. The van der Waals surface area contributed by atoms with Crippen molar-refractivity contribution in [3.05, 3.63) is 10.6 Å². The number of anilines is 1. The standard InChI is InChI=1S/C14H21N3O3S/c1-4-20-13(19)11-12(9(2)18)21-14(16-11)15-10-5-7-17(3)8-6-10/h10H,4-8H2,1-3H3,(H,15,16). The Hall–Kier alpha value is -1.47. The molecule has 0 aliphatic carbocycles. The smallest absolute Gasteiger partial charge is 0.358 e. The van der Waals surface area contributed by atoms with Crippen LogP contribution in [0.3, 0.4) is 0 Å². The lowest BCUT2D eigenvalue weighted by atomic mass is 10.1. The van der Waals surface area contributed by atoms with Crippen LogP contribution >= 0.6 is 11.3 Å². The number of thiazole rings is 1. The number of ketones is 1. The summed E-state index contributed by atoms with van der Waals surface area (Å²) < 4.78 is 4.95. The van der Waals surface area contributed by atoms with Crippen molar-refractivity contribution in [3.63, 3.8) is 0 Å². The Morgan fingerprint density at radius 1 is 1.43 bits per heavy atom. The maximum absolute atomic E-state index is 11.9. The number of esters is 1. The largest absolute Gasteiger partial charge is 0.461 e. The van der Waals surface area contributed by atoms with Crippen molar-refractivity contribution >= 4 is 28.2 Å². The molecule has 6 nitrogen and oxygen atoms in total. The Balaban J connectivity index is 2.11. The fourth-order valence-corrected chi connectivity index (χ4v) is 3.21. The van der Waals surface area contributed by atoms with Crippen molar-refractivity contribution in [2.45, 2.75) is 32.7 Å². The highest BCUT2D eigenvalue weighted by Crippen LogP contribution is 2.26. The number of piperidine rings is 1. The Morgan fingerprint density at radius 2 is 2.10 bits per heavy atom. The highest BCUT2D eigenvalue weighted by atomic mass is 32.1. The summed E-state index contributed by atoms with van der Waals surface area (Å²) >= 11 is 1.23. The Morgan fingerprint density at radius 3 is 2.67 bits per heavy atom. The normalized spacial score (nSPS) is 16.7. The second-order valence-electron chi connectivity index (χ2n) is 5.20. The summed E-state index contributed by atoms with van der Waals surface area (Å²) in [5, 5.41) is 3.96. The minimum atomic E-state index is -0.532. The van der Waals surface area contributed by atoms with Gasteiger partial charge in [-0.1, -0.05) is 11.3 Å². The fourth-order valence-electron chi connectivity index (χ4n) is 2.29. The third-order valence-corrected chi connectivity index (χ3v) is 4.55. The summed E-state index contributed by atoms with van der Waals surface area (Å²) in [6.07, 6.45) is 2.06. The lowest BCUT2D eigenvalue weighted by Gasteiger charge is -2.29. The predicted octanol–water partition coefficient (Wildman–Crippen LogP) is 2.03. The van der Waals surface area contributed by atoms with Crippen LogP contribution in [0.25, 0.3) is 0 Å². The molecule has 1 fully saturated rings. The molecule has 2 heterocycles. The van der Waals surface area contributed by atoms with Crippen molar-refractivity contribution in [2.24, 2.45) is 0 Å². The van der Waals surface area contributed by atoms with Gasteiger partial charge in [0.25, 0.3) is 0 Å². The summed E-state index contributed by atoms with van der Waals surface area (Å²) in [5.74, 6) is -0.692. The summed E-state index contributed by atoms with van der Waals surface area (Å²) in [6.45, 7) is 5.51. The quantitative estimate of drug-likeness (QED) is 0.663. The average Bonchev–Trinajstić information content (AvgIpc) is 2.86. The van der Waals surface area contributed by atoms with E-state index in [4.69, 9.17) is 4.74 Å². The number of carbonyl (C=O) groups excluding carboxylic acids is 2. The van der Waals surface area contributed by atoms with Crippen molar-refractivity contribution in [1.82, 2.24) is 9.88 Å². The number of likely N-dealkylation sites (tertiary alicyclic amines) is 1. The SMILES string of the molecule is CCOC(=O)c1nc(NC2CCN(C)CC2)sc1C(C)=O. The number of carbonyl (C=O) groups is 2. The Labute approximate surface area is 128 Å². The molecule has 0 bridgehead atoms. The molecule has 7 heteroatoms. The molecular formula is C14H21N3O3S. The number of nitrogens with zero attached hydrogens (tertiary/aromatic N) is 2. The summed E-state index contributed by atoms with van der Waals surface area (Å²) in [6, 6.07) is 0.335. The third kappa shape index (κ3) is 4.01. The van der Waals surface area contributed by atoms with E-state index < -0.39 is 5.97 Å². The zero-order valence-electron chi connectivity index (χ0n) is 12.6. The molecule has 1 aromatic rings. The van der Waals surface area contributed by atoms with E-state index in [0.717, 1.165) is 25.9 Å². The van der Waals surface area contributed by atoms with Crippen LogP contribution in [0.5, 0.6) is 0 Å². The van der Waals surface area contributed by atoms with Gasteiger partial charge in [-0.2, -0.15) is 0 Å². The summed E-state index contributed by atoms with van der Waals surface area (Å²) in [7, 11) is 2.10. The van der Waals surface area contributed by atoms with E-state index in [9.17, 15) is 9.59 Å². The second-order valence-corrected chi connectivity index (χ2v) is 6.19. The molecule has 0 spiro atoms. The molecule has 0 aromatic carbocycles. The van der Waals surface area contributed by atoms with Crippen molar-refractivity contribution in [2.75, 3.05) is 32.1 Å². The molecule has 1 saturated heterocycles. The molecule has 0 amide bonds. The monoisotopic (exact) mass is 311 g/mol. The van der Waals surface area contributed by atoms with Crippen molar-refractivity contribution < 1.29 is 14.3 Å². The van der Waals surface area contributed by atoms with Crippen LogP contribution in [-0.2, 0) is 4.74 Å². The Bertz CT molecular complexity index is 522. The van der Waals surface area contributed by atoms with Gasteiger partial charge in [0.05, 0.1) is 6.61 Å². The van der Waals surface area contributed by atoms with Gasteiger partial charge < -0.3 is 15.0 Å². The molecule has 0 saturated carbocycles. The number of aromatic nitrogens is 1. The van der Waals surface area contributed by atoms with E-state index in [0.29, 0.717) is 16.1 Å². The van der Waals surface area contributed by atoms with Gasteiger partial charge >= 0.3 is 5.97 Å². The van der Waals surface area contributed by atoms with E-state index in [-0.39, 0.29) is 18.1 Å². The number of Topliss-reactive ketones (excluding diaryl/α,β-unsaturated/α-hetero) is 1. The Kier molecular flexibility index (Phi) is 5.30. The summed E-state index contributed by atoms with van der Waals surface area (Å²) in [4.78, 5) is 30.4.